The largest absolute Gasteiger partial charge is 0.394 e. The Morgan fingerprint density at radius 1 is 1.50 bits per heavy atom. The summed E-state index contributed by atoms with van der Waals surface area (Å²) in [6.07, 6.45) is 0. The van der Waals surface area contributed by atoms with Crippen molar-refractivity contribution in [1.82, 2.24) is 0 Å². The average molecular weight is 181 g/mol. The fraction of sp³-hybridized carbons (Fsp3) is 1.00. The van der Waals surface area contributed by atoms with Gasteiger partial charge in [-0.15, -0.1) is 11.6 Å². The number of thiol groups is 1. The highest BCUT2D eigenvalue weighted by molar-refractivity contribution is 7.81. The molecule has 0 saturated carbocycles. The first-order valence-corrected chi connectivity index (χ1v) is 3.85. The lowest BCUT2D eigenvalue weighted by Gasteiger charge is -1.68. The second kappa shape index (κ2) is 5.64. The molecule has 0 aliphatic rings. The van der Waals surface area contributed by atoms with Crippen LogP contribution in [0.5, 0.6) is 0 Å². The van der Waals surface area contributed by atoms with Gasteiger partial charge in [0.2, 0.25) is 0 Å². The van der Waals surface area contributed by atoms with Crippen molar-refractivity contribution in [3.8, 4) is 0 Å². The van der Waals surface area contributed by atoms with Gasteiger partial charge in [-0.1, -0.05) is 0 Å². The molecule has 0 aromatic carbocycles. The Hall–Kier alpha value is 0.510. The van der Waals surface area contributed by atoms with Gasteiger partial charge >= 0.3 is 10.4 Å². The van der Waals surface area contributed by atoms with E-state index < -0.39 is 10.4 Å². The third-order valence-electron chi connectivity index (χ3n) is 0. The zero-order chi connectivity index (χ0) is 7.21. The topological polar surface area (TPSA) is 74.6 Å². The first-order valence-electron chi connectivity index (χ1n) is 1.28. The predicted octanol–water partition coefficient (Wildman–Crippen LogP) is 0.460. The van der Waals surface area contributed by atoms with E-state index in [1.807, 2.05) is 0 Å². The van der Waals surface area contributed by atoms with Gasteiger partial charge < -0.3 is 0 Å². The van der Waals surface area contributed by atoms with Crippen LogP contribution in [-0.4, -0.2) is 22.7 Å². The molecule has 0 rings (SSSR count). The van der Waals surface area contributed by atoms with Crippen LogP contribution in [0.3, 0.4) is 0 Å². The smallest absolute Gasteiger partial charge is 0.264 e. The molecule has 0 bridgehead atoms. The molecule has 0 aliphatic carbocycles. The van der Waals surface area contributed by atoms with Crippen LogP contribution in [0.2, 0.25) is 0 Å². The summed E-state index contributed by atoms with van der Waals surface area (Å²) in [5, 5.41) is 0.417. The summed E-state index contributed by atoms with van der Waals surface area (Å²) < 4.78 is 31.6. The third kappa shape index (κ3) is 760. The standard InChI is InChI=1S/CH3ClS.H2O4S/c2-1-3;1-5(2,3)4/h3H,1H2;(H2,1,2,3,4). The van der Waals surface area contributed by atoms with Gasteiger partial charge in [0.15, 0.2) is 0 Å². The van der Waals surface area contributed by atoms with E-state index in [2.05, 4.69) is 12.6 Å². The lowest BCUT2D eigenvalue weighted by Crippen LogP contribution is -1.89. The summed E-state index contributed by atoms with van der Waals surface area (Å²) in [6.45, 7) is 0. The Kier molecular flexibility index (Phi) is 7.99. The SMILES string of the molecule is O=S(=O)(O)O.SCCl. The van der Waals surface area contributed by atoms with E-state index in [1.54, 1.807) is 0 Å². The van der Waals surface area contributed by atoms with Gasteiger partial charge in [-0.25, -0.2) is 0 Å². The van der Waals surface area contributed by atoms with E-state index in [4.69, 9.17) is 29.1 Å². The minimum Gasteiger partial charge on any atom is -0.264 e. The monoisotopic (exact) mass is 180 g/mol. The third-order valence-corrected chi connectivity index (χ3v) is 0. The molecule has 0 heterocycles. The average Bonchev–Trinajstić information content (AvgIpc) is 1.27. The molecule has 8 heavy (non-hydrogen) atoms. The number of hydrogen-bond acceptors (Lipinski definition) is 3. The predicted molar refractivity (Wildman–Crippen MR) is 33.9 cm³/mol. The minimum atomic E-state index is -4.67. The maximum absolute atomic E-state index is 8.74. The maximum Gasteiger partial charge on any atom is 0.394 e. The van der Waals surface area contributed by atoms with Crippen molar-refractivity contribution >= 4 is 34.6 Å². The molecule has 0 radical (unpaired) electrons. The van der Waals surface area contributed by atoms with Gasteiger partial charge in [-0.2, -0.15) is 21.0 Å². The molecule has 0 spiro atoms. The quantitative estimate of drug-likeness (QED) is 0.288. The lowest BCUT2D eigenvalue weighted by molar-refractivity contribution is 0.381. The normalized spacial score (nSPS) is 9.50. The second-order valence-electron chi connectivity index (χ2n) is 0.567. The lowest BCUT2D eigenvalue weighted by atomic mass is 11.9. The summed E-state index contributed by atoms with van der Waals surface area (Å²) in [6, 6.07) is 0. The highest BCUT2D eigenvalue weighted by Crippen LogP contribution is 1.71. The minimum absolute atomic E-state index is 0.417. The molecule has 0 saturated heterocycles. The summed E-state index contributed by atoms with van der Waals surface area (Å²) in [7, 11) is -4.67. The van der Waals surface area contributed by atoms with E-state index in [9.17, 15) is 0 Å². The van der Waals surface area contributed by atoms with Crippen molar-refractivity contribution in [1.29, 1.82) is 0 Å². The van der Waals surface area contributed by atoms with Crippen LogP contribution in [-0.2, 0) is 10.4 Å². The van der Waals surface area contributed by atoms with E-state index in [0.717, 1.165) is 0 Å². The Morgan fingerprint density at radius 3 is 1.50 bits per heavy atom. The summed E-state index contributed by atoms with van der Waals surface area (Å²) in [5.74, 6) is 0. The van der Waals surface area contributed by atoms with E-state index in [-0.39, 0.29) is 0 Å². The molecule has 4 nitrogen and oxygen atoms in total. The molecular formula is CH5ClO4S2. The van der Waals surface area contributed by atoms with Crippen LogP contribution >= 0.6 is 24.2 Å². The summed E-state index contributed by atoms with van der Waals surface area (Å²) in [5.41, 5.74) is 0. The van der Waals surface area contributed by atoms with Gasteiger partial charge in [-0.3, -0.25) is 9.11 Å². The Labute approximate surface area is 57.8 Å². The van der Waals surface area contributed by atoms with Crippen LogP contribution in [0, 0.1) is 0 Å². The van der Waals surface area contributed by atoms with Crippen LogP contribution in [0.15, 0.2) is 0 Å². The van der Waals surface area contributed by atoms with Crippen molar-refractivity contribution in [2.24, 2.45) is 0 Å². The van der Waals surface area contributed by atoms with Crippen LogP contribution in [0.4, 0.5) is 0 Å². The molecule has 0 fully saturated rings. The molecule has 52 valence electrons. The van der Waals surface area contributed by atoms with Gasteiger partial charge in [0.1, 0.15) is 0 Å². The van der Waals surface area contributed by atoms with E-state index in [1.165, 1.54) is 0 Å². The Morgan fingerprint density at radius 2 is 1.50 bits per heavy atom. The molecule has 0 aliphatic heterocycles. The molecule has 0 aromatic heterocycles. The Balaban J connectivity index is 0. The molecule has 2 N–H and O–H groups in total. The molecule has 0 atom stereocenters. The van der Waals surface area contributed by atoms with Gasteiger partial charge in [0, 0.05) is 0 Å². The zero-order valence-corrected chi connectivity index (χ0v) is 6.12. The van der Waals surface area contributed by atoms with E-state index in [0.29, 0.717) is 5.21 Å². The maximum atomic E-state index is 8.74. The van der Waals surface area contributed by atoms with Crippen LogP contribution in [0.1, 0.15) is 0 Å². The highest BCUT2D eigenvalue weighted by Gasteiger charge is 1.84. The first-order chi connectivity index (χ1) is 3.41. The molecule has 0 amide bonds. The van der Waals surface area contributed by atoms with Crippen molar-refractivity contribution in [2.45, 2.75) is 0 Å². The Bertz CT molecular complexity index is 108. The van der Waals surface area contributed by atoms with Gasteiger partial charge in [0.05, 0.1) is 5.21 Å². The van der Waals surface area contributed by atoms with Crippen molar-refractivity contribution < 1.29 is 17.5 Å². The van der Waals surface area contributed by atoms with E-state index >= 15 is 0 Å². The fourth-order valence-electron chi connectivity index (χ4n) is 0. The number of alkyl halides is 1. The van der Waals surface area contributed by atoms with Gasteiger partial charge in [0.25, 0.3) is 0 Å². The summed E-state index contributed by atoms with van der Waals surface area (Å²) >= 11 is 8.42. The van der Waals surface area contributed by atoms with Crippen molar-refractivity contribution in [2.75, 3.05) is 5.21 Å². The van der Waals surface area contributed by atoms with Crippen LogP contribution in [0.25, 0.3) is 0 Å². The summed E-state index contributed by atoms with van der Waals surface area (Å²) in [4.78, 5) is 0. The molecule has 7 heteroatoms. The highest BCUT2D eigenvalue weighted by atomic mass is 35.5. The first kappa shape index (κ1) is 11.3. The van der Waals surface area contributed by atoms with Crippen molar-refractivity contribution in [3.05, 3.63) is 0 Å². The van der Waals surface area contributed by atoms with Crippen molar-refractivity contribution in [3.63, 3.8) is 0 Å². The zero-order valence-electron chi connectivity index (χ0n) is 3.65. The molecular weight excluding hydrogens is 176 g/mol. The fourth-order valence-corrected chi connectivity index (χ4v) is 0. The number of halogens is 1. The number of rotatable bonds is 0. The molecule has 0 aromatic rings. The number of hydrogen-bond donors (Lipinski definition) is 3. The van der Waals surface area contributed by atoms with Crippen LogP contribution < -0.4 is 0 Å². The van der Waals surface area contributed by atoms with Gasteiger partial charge in [-0.05, 0) is 0 Å². The second-order valence-corrected chi connectivity index (χ2v) is 2.42. The molecule has 0 unspecified atom stereocenters.